The number of ether oxygens (including phenoxy) is 2. The van der Waals surface area contributed by atoms with Crippen LogP contribution in [0.5, 0.6) is 5.75 Å². The predicted octanol–water partition coefficient (Wildman–Crippen LogP) is 4.26. The minimum absolute atomic E-state index is 0.193. The van der Waals surface area contributed by atoms with Crippen LogP contribution >= 0.6 is 0 Å². The van der Waals surface area contributed by atoms with Gasteiger partial charge < -0.3 is 14.8 Å². The second-order valence-corrected chi connectivity index (χ2v) is 7.11. The molecule has 0 fully saturated rings. The van der Waals surface area contributed by atoms with E-state index in [1.165, 1.54) is 7.11 Å². The number of hydrogen-bond acceptors (Lipinski definition) is 5. The van der Waals surface area contributed by atoms with Gasteiger partial charge in [0.1, 0.15) is 11.8 Å². The Balaban J connectivity index is 1.78. The molecule has 0 aliphatic rings. The van der Waals surface area contributed by atoms with E-state index in [0.29, 0.717) is 23.5 Å². The molecule has 0 heterocycles. The Hall–Kier alpha value is -3.64. The van der Waals surface area contributed by atoms with Crippen LogP contribution in [-0.4, -0.2) is 26.1 Å². The molecule has 31 heavy (non-hydrogen) atoms. The largest absolute Gasteiger partial charge is 0.495 e. The van der Waals surface area contributed by atoms with Crippen LogP contribution in [-0.2, 0) is 16.1 Å². The van der Waals surface area contributed by atoms with Gasteiger partial charge >= 0.3 is 5.97 Å². The summed E-state index contributed by atoms with van der Waals surface area (Å²) in [7, 11) is 2.93. The van der Waals surface area contributed by atoms with Gasteiger partial charge in [-0.05, 0) is 47.9 Å². The maximum absolute atomic E-state index is 13.2. The first-order chi connectivity index (χ1) is 15.0. The molecular formula is C25H26N2O4. The number of amides is 1. The Morgan fingerprint density at radius 1 is 0.935 bits per heavy atom. The van der Waals surface area contributed by atoms with Gasteiger partial charge in [-0.1, -0.05) is 48.5 Å². The first kappa shape index (κ1) is 22.1. The van der Waals surface area contributed by atoms with Crippen molar-refractivity contribution in [1.82, 2.24) is 5.32 Å². The van der Waals surface area contributed by atoms with Crippen LogP contribution in [0, 0.1) is 6.92 Å². The van der Waals surface area contributed by atoms with Gasteiger partial charge in [-0.25, -0.2) is 4.79 Å². The molecule has 0 saturated heterocycles. The Labute approximate surface area is 182 Å². The number of methoxy groups -OCH3 is 2. The van der Waals surface area contributed by atoms with Gasteiger partial charge in [-0.15, -0.1) is 0 Å². The Morgan fingerprint density at radius 3 is 2.29 bits per heavy atom. The van der Waals surface area contributed by atoms with Gasteiger partial charge in [-0.3, -0.25) is 10.1 Å². The SMILES string of the molecule is COC(=O)c1ccc(CNC(C(=O)Nc2cc(C)ccc2OC)c2ccccc2)cc1. The quantitative estimate of drug-likeness (QED) is 0.535. The number of carbonyl (C=O) groups excluding carboxylic acids is 2. The third-order valence-electron chi connectivity index (χ3n) is 4.89. The molecule has 0 radical (unpaired) electrons. The molecule has 0 aliphatic heterocycles. The van der Waals surface area contributed by atoms with Gasteiger partial charge in [0, 0.05) is 6.54 Å². The lowest BCUT2D eigenvalue weighted by Gasteiger charge is -2.20. The molecule has 6 nitrogen and oxygen atoms in total. The Morgan fingerprint density at radius 2 is 1.65 bits per heavy atom. The van der Waals surface area contributed by atoms with E-state index in [2.05, 4.69) is 10.6 Å². The second-order valence-electron chi connectivity index (χ2n) is 7.11. The highest BCUT2D eigenvalue weighted by Gasteiger charge is 2.21. The highest BCUT2D eigenvalue weighted by atomic mass is 16.5. The number of hydrogen-bond donors (Lipinski definition) is 2. The van der Waals surface area contributed by atoms with E-state index in [1.54, 1.807) is 19.2 Å². The highest BCUT2D eigenvalue weighted by Crippen LogP contribution is 2.27. The molecule has 3 rings (SSSR count). The van der Waals surface area contributed by atoms with Crippen LogP contribution in [0.25, 0.3) is 0 Å². The molecule has 1 atom stereocenters. The van der Waals surface area contributed by atoms with Crippen LogP contribution < -0.4 is 15.4 Å². The summed E-state index contributed by atoms with van der Waals surface area (Å²) in [6.45, 7) is 2.40. The van der Waals surface area contributed by atoms with Gasteiger partial charge in [-0.2, -0.15) is 0 Å². The topological polar surface area (TPSA) is 76.7 Å². The number of carbonyl (C=O) groups is 2. The maximum Gasteiger partial charge on any atom is 0.337 e. The molecule has 0 aliphatic carbocycles. The predicted molar refractivity (Wildman–Crippen MR) is 120 cm³/mol. The Kier molecular flexibility index (Phi) is 7.40. The molecule has 0 spiro atoms. The highest BCUT2D eigenvalue weighted by molar-refractivity contribution is 5.96. The summed E-state index contributed by atoms with van der Waals surface area (Å²) in [5.41, 5.74) is 3.91. The number of rotatable bonds is 8. The molecular weight excluding hydrogens is 392 g/mol. The average Bonchev–Trinajstić information content (AvgIpc) is 2.80. The number of benzene rings is 3. The fourth-order valence-electron chi connectivity index (χ4n) is 3.23. The lowest BCUT2D eigenvalue weighted by Crippen LogP contribution is -2.32. The molecule has 160 valence electrons. The molecule has 2 N–H and O–H groups in total. The van der Waals surface area contributed by atoms with Crippen molar-refractivity contribution in [3.05, 3.63) is 95.1 Å². The average molecular weight is 418 g/mol. The van der Waals surface area contributed by atoms with Crippen LogP contribution in [0.15, 0.2) is 72.8 Å². The van der Waals surface area contributed by atoms with Crippen molar-refractivity contribution in [2.24, 2.45) is 0 Å². The van der Waals surface area contributed by atoms with Gasteiger partial charge in [0.15, 0.2) is 0 Å². The summed E-state index contributed by atoms with van der Waals surface area (Å²) in [4.78, 5) is 24.8. The number of nitrogens with one attached hydrogen (secondary N) is 2. The van der Waals surface area contributed by atoms with Crippen LogP contribution in [0.1, 0.15) is 33.1 Å². The lowest BCUT2D eigenvalue weighted by molar-refractivity contribution is -0.118. The number of anilines is 1. The summed E-state index contributed by atoms with van der Waals surface area (Å²) < 4.78 is 10.1. The fraction of sp³-hybridized carbons (Fsp3) is 0.200. The molecule has 1 amide bonds. The van der Waals surface area contributed by atoms with Crippen molar-refractivity contribution in [1.29, 1.82) is 0 Å². The second kappa shape index (κ2) is 10.4. The number of esters is 1. The van der Waals surface area contributed by atoms with Crippen molar-refractivity contribution in [3.63, 3.8) is 0 Å². The smallest absolute Gasteiger partial charge is 0.337 e. The number of aryl methyl sites for hydroxylation is 1. The van der Waals surface area contributed by atoms with E-state index in [4.69, 9.17) is 9.47 Å². The van der Waals surface area contributed by atoms with Crippen molar-refractivity contribution in [3.8, 4) is 5.75 Å². The molecule has 0 aromatic heterocycles. The first-order valence-corrected chi connectivity index (χ1v) is 9.93. The molecule has 0 saturated carbocycles. The van der Waals surface area contributed by atoms with Gasteiger partial charge in [0.2, 0.25) is 5.91 Å². The van der Waals surface area contributed by atoms with Crippen molar-refractivity contribution < 1.29 is 19.1 Å². The van der Waals surface area contributed by atoms with E-state index in [1.807, 2.05) is 67.6 Å². The minimum Gasteiger partial charge on any atom is -0.495 e. The monoisotopic (exact) mass is 418 g/mol. The van der Waals surface area contributed by atoms with E-state index in [0.717, 1.165) is 16.7 Å². The van der Waals surface area contributed by atoms with Crippen LogP contribution in [0.4, 0.5) is 5.69 Å². The van der Waals surface area contributed by atoms with Crippen molar-refractivity contribution >= 4 is 17.6 Å². The van der Waals surface area contributed by atoms with E-state index in [9.17, 15) is 9.59 Å². The summed E-state index contributed by atoms with van der Waals surface area (Å²) in [6, 6.07) is 21.7. The molecule has 6 heteroatoms. The van der Waals surface area contributed by atoms with Gasteiger partial charge in [0.25, 0.3) is 0 Å². The lowest BCUT2D eigenvalue weighted by atomic mass is 10.0. The summed E-state index contributed by atoms with van der Waals surface area (Å²) in [6.07, 6.45) is 0. The summed E-state index contributed by atoms with van der Waals surface area (Å²) in [5.74, 6) is 0.0265. The molecule has 0 bridgehead atoms. The van der Waals surface area contributed by atoms with E-state index in [-0.39, 0.29) is 11.9 Å². The minimum atomic E-state index is -0.577. The van der Waals surface area contributed by atoms with Crippen molar-refractivity contribution in [2.45, 2.75) is 19.5 Å². The summed E-state index contributed by atoms with van der Waals surface area (Å²) >= 11 is 0. The van der Waals surface area contributed by atoms with Crippen molar-refractivity contribution in [2.75, 3.05) is 19.5 Å². The van der Waals surface area contributed by atoms with Gasteiger partial charge in [0.05, 0.1) is 25.5 Å². The van der Waals surface area contributed by atoms with E-state index >= 15 is 0 Å². The standard InChI is InChI=1S/C25H26N2O4/c1-17-9-14-22(30-2)21(15-17)27-24(28)23(19-7-5-4-6-8-19)26-16-18-10-12-20(13-11-18)25(29)31-3/h4-15,23,26H,16H2,1-3H3,(H,27,28). The Bertz CT molecular complexity index is 1030. The summed E-state index contributed by atoms with van der Waals surface area (Å²) in [5, 5.41) is 6.30. The third-order valence-corrected chi connectivity index (χ3v) is 4.89. The molecule has 1 unspecified atom stereocenters. The normalized spacial score (nSPS) is 11.5. The first-order valence-electron chi connectivity index (χ1n) is 9.93. The zero-order chi connectivity index (χ0) is 22.2. The molecule has 3 aromatic rings. The van der Waals surface area contributed by atoms with Crippen LogP contribution in [0.3, 0.4) is 0 Å². The molecule has 3 aromatic carbocycles. The maximum atomic E-state index is 13.2. The van der Waals surface area contributed by atoms with E-state index < -0.39 is 6.04 Å². The fourth-order valence-corrected chi connectivity index (χ4v) is 3.23. The third kappa shape index (κ3) is 5.71. The zero-order valence-electron chi connectivity index (χ0n) is 17.8. The zero-order valence-corrected chi connectivity index (χ0v) is 17.8. The van der Waals surface area contributed by atoms with Crippen LogP contribution in [0.2, 0.25) is 0 Å².